The molecule has 0 aliphatic heterocycles. The number of nitrogens with zero attached hydrogens (tertiary/aromatic N) is 2. The molecular formula is C18H22ClN3O2. The second-order valence-electron chi connectivity index (χ2n) is 6.22. The van der Waals surface area contributed by atoms with E-state index in [1.165, 1.54) is 0 Å². The Morgan fingerprint density at radius 3 is 2.96 bits per heavy atom. The van der Waals surface area contributed by atoms with Crippen molar-refractivity contribution < 1.29 is 9.90 Å². The van der Waals surface area contributed by atoms with Crippen LogP contribution < -0.4 is 5.32 Å². The van der Waals surface area contributed by atoms with Crippen LogP contribution in [0.15, 0.2) is 30.5 Å². The van der Waals surface area contributed by atoms with Crippen molar-refractivity contribution >= 4 is 17.5 Å². The van der Waals surface area contributed by atoms with Crippen molar-refractivity contribution in [2.45, 2.75) is 38.7 Å². The third-order valence-electron chi connectivity index (χ3n) is 4.64. The van der Waals surface area contributed by atoms with E-state index in [2.05, 4.69) is 10.4 Å². The molecule has 0 bridgehead atoms. The molecule has 1 aromatic carbocycles. The number of aliphatic hydroxyl groups excluding tert-OH is 1. The van der Waals surface area contributed by atoms with Gasteiger partial charge in [0.15, 0.2) is 0 Å². The summed E-state index contributed by atoms with van der Waals surface area (Å²) >= 11 is 6.05. The van der Waals surface area contributed by atoms with Crippen LogP contribution in [0.1, 0.15) is 42.2 Å². The van der Waals surface area contributed by atoms with Gasteiger partial charge in [-0.15, -0.1) is 0 Å². The summed E-state index contributed by atoms with van der Waals surface area (Å²) in [6.07, 6.45) is 4.79. The van der Waals surface area contributed by atoms with Gasteiger partial charge in [0, 0.05) is 17.5 Å². The highest BCUT2D eigenvalue weighted by Gasteiger charge is 2.26. The van der Waals surface area contributed by atoms with E-state index in [-0.39, 0.29) is 17.9 Å². The zero-order valence-corrected chi connectivity index (χ0v) is 14.5. The molecule has 2 atom stereocenters. The second-order valence-corrected chi connectivity index (χ2v) is 6.65. The highest BCUT2D eigenvalue weighted by atomic mass is 35.5. The first-order chi connectivity index (χ1) is 11.6. The summed E-state index contributed by atoms with van der Waals surface area (Å²) < 4.78 is 1.76. The van der Waals surface area contributed by atoms with Crippen molar-refractivity contribution in [3.8, 4) is 5.69 Å². The molecule has 0 saturated heterocycles. The molecule has 1 amide bonds. The minimum absolute atomic E-state index is 0.140. The van der Waals surface area contributed by atoms with Gasteiger partial charge >= 0.3 is 0 Å². The average molecular weight is 348 g/mol. The minimum Gasteiger partial charge on any atom is -0.393 e. The third-order valence-corrected chi connectivity index (χ3v) is 4.88. The fraction of sp³-hybridized carbons (Fsp3) is 0.444. The van der Waals surface area contributed by atoms with Gasteiger partial charge in [0.25, 0.3) is 5.91 Å². The number of benzene rings is 1. The van der Waals surface area contributed by atoms with Gasteiger partial charge in [-0.2, -0.15) is 5.10 Å². The van der Waals surface area contributed by atoms with E-state index in [0.717, 1.165) is 30.6 Å². The average Bonchev–Trinajstić information content (AvgIpc) is 3.18. The summed E-state index contributed by atoms with van der Waals surface area (Å²) in [5, 5.41) is 17.8. The molecule has 2 unspecified atom stereocenters. The predicted molar refractivity (Wildman–Crippen MR) is 93.6 cm³/mol. The maximum atomic E-state index is 12.5. The van der Waals surface area contributed by atoms with Crippen LogP contribution in [0.25, 0.3) is 5.69 Å². The van der Waals surface area contributed by atoms with Crippen LogP contribution in [0.2, 0.25) is 5.02 Å². The lowest BCUT2D eigenvalue weighted by Crippen LogP contribution is -2.32. The Morgan fingerprint density at radius 2 is 2.29 bits per heavy atom. The van der Waals surface area contributed by atoms with Crippen LogP contribution in [0.3, 0.4) is 0 Å². The molecule has 0 spiro atoms. The van der Waals surface area contributed by atoms with Gasteiger partial charge in [-0.25, -0.2) is 4.68 Å². The maximum Gasteiger partial charge on any atom is 0.254 e. The van der Waals surface area contributed by atoms with E-state index >= 15 is 0 Å². The van der Waals surface area contributed by atoms with E-state index in [1.54, 1.807) is 16.9 Å². The van der Waals surface area contributed by atoms with Crippen LogP contribution in [-0.2, 0) is 6.42 Å². The Morgan fingerprint density at radius 1 is 1.46 bits per heavy atom. The first kappa shape index (κ1) is 17.0. The number of amides is 1. The van der Waals surface area contributed by atoms with Gasteiger partial charge in [-0.3, -0.25) is 4.79 Å². The number of hydrogen-bond donors (Lipinski definition) is 2. The zero-order chi connectivity index (χ0) is 17.1. The number of hydrogen-bond acceptors (Lipinski definition) is 3. The molecule has 0 radical (unpaired) electrons. The molecule has 2 N–H and O–H groups in total. The molecule has 3 rings (SSSR count). The van der Waals surface area contributed by atoms with Gasteiger partial charge in [0.2, 0.25) is 0 Å². The van der Waals surface area contributed by atoms with E-state index in [9.17, 15) is 9.90 Å². The highest BCUT2D eigenvalue weighted by Crippen LogP contribution is 2.25. The fourth-order valence-corrected chi connectivity index (χ4v) is 3.49. The number of carbonyl (C=O) groups is 1. The molecule has 24 heavy (non-hydrogen) atoms. The van der Waals surface area contributed by atoms with Crippen LogP contribution in [0.5, 0.6) is 0 Å². The van der Waals surface area contributed by atoms with E-state index in [0.29, 0.717) is 23.6 Å². The summed E-state index contributed by atoms with van der Waals surface area (Å²) in [6, 6.07) is 7.40. The second kappa shape index (κ2) is 7.36. The van der Waals surface area contributed by atoms with Gasteiger partial charge in [-0.05, 0) is 37.5 Å². The predicted octanol–water partition coefficient (Wildman–Crippen LogP) is 2.98. The minimum atomic E-state index is -0.301. The molecule has 1 aromatic heterocycles. The summed E-state index contributed by atoms with van der Waals surface area (Å²) in [6.45, 7) is 2.50. The lowest BCUT2D eigenvalue weighted by Gasteiger charge is -2.15. The largest absolute Gasteiger partial charge is 0.393 e. The number of rotatable bonds is 5. The first-order valence-corrected chi connectivity index (χ1v) is 8.77. The Kier molecular flexibility index (Phi) is 5.21. The van der Waals surface area contributed by atoms with Crippen molar-refractivity contribution in [3.63, 3.8) is 0 Å². The zero-order valence-electron chi connectivity index (χ0n) is 13.7. The number of carbonyl (C=O) groups excluding carboxylic acids is 1. The van der Waals surface area contributed by atoms with E-state index in [4.69, 9.17) is 11.6 Å². The summed E-state index contributed by atoms with van der Waals surface area (Å²) in [5.41, 5.74) is 2.26. The van der Waals surface area contributed by atoms with Crippen molar-refractivity contribution in [1.29, 1.82) is 0 Å². The molecule has 128 valence electrons. The molecule has 5 nitrogen and oxygen atoms in total. The molecular weight excluding hydrogens is 326 g/mol. The number of nitrogens with one attached hydrogen (secondary N) is 1. The SMILES string of the molecule is CCc1c(C(=O)NCC2CCCC2O)cnn1-c1cccc(Cl)c1. The van der Waals surface area contributed by atoms with E-state index < -0.39 is 0 Å². The van der Waals surface area contributed by atoms with Gasteiger partial charge < -0.3 is 10.4 Å². The fourth-order valence-electron chi connectivity index (χ4n) is 3.31. The van der Waals surface area contributed by atoms with Crippen molar-refractivity contribution in [2.24, 2.45) is 5.92 Å². The normalized spacial score (nSPS) is 20.3. The summed E-state index contributed by atoms with van der Waals surface area (Å²) in [7, 11) is 0. The molecule has 1 aliphatic rings. The van der Waals surface area contributed by atoms with Crippen molar-refractivity contribution in [3.05, 3.63) is 46.7 Å². The Hall–Kier alpha value is -1.85. The Labute approximate surface area is 146 Å². The standard InChI is InChI=1S/C18H22ClN3O2/c1-2-16-15(18(24)20-10-12-5-3-8-17(12)23)11-21-22(16)14-7-4-6-13(19)9-14/h4,6-7,9,11-12,17,23H,2-3,5,8,10H2,1H3,(H,20,24). The highest BCUT2D eigenvalue weighted by molar-refractivity contribution is 6.30. The quantitative estimate of drug-likeness (QED) is 0.873. The molecule has 1 heterocycles. The van der Waals surface area contributed by atoms with Crippen LogP contribution in [0, 0.1) is 5.92 Å². The first-order valence-electron chi connectivity index (χ1n) is 8.39. The number of aromatic nitrogens is 2. The van der Waals surface area contributed by atoms with Gasteiger partial charge in [0.05, 0.1) is 29.2 Å². The third kappa shape index (κ3) is 3.47. The number of aliphatic hydroxyl groups is 1. The molecule has 1 saturated carbocycles. The molecule has 1 aliphatic carbocycles. The van der Waals surface area contributed by atoms with Crippen molar-refractivity contribution in [1.82, 2.24) is 15.1 Å². The monoisotopic (exact) mass is 347 g/mol. The maximum absolute atomic E-state index is 12.5. The van der Waals surface area contributed by atoms with Gasteiger partial charge in [-0.1, -0.05) is 31.0 Å². The van der Waals surface area contributed by atoms with Crippen LogP contribution in [0.4, 0.5) is 0 Å². The van der Waals surface area contributed by atoms with Crippen LogP contribution in [-0.4, -0.2) is 33.4 Å². The van der Waals surface area contributed by atoms with Gasteiger partial charge in [0.1, 0.15) is 0 Å². The lowest BCUT2D eigenvalue weighted by atomic mass is 10.1. The molecule has 1 fully saturated rings. The molecule has 6 heteroatoms. The number of halogens is 1. The topological polar surface area (TPSA) is 67.2 Å². The van der Waals surface area contributed by atoms with E-state index in [1.807, 2.05) is 25.1 Å². The van der Waals surface area contributed by atoms with Crippen LogP contribution >= 0.6 is 11.6 Å². The summed E-state index contributed by atoms with van der Waals surface area (Å²) in [5.74, 6) is 0.0150. The Bertz CT molecular complexity index is 729. The molecule has 2 aromatic rings. The Balaban J connectivity index is 1.77. The summed E-state index contributed by atoms with van der Waals surface area (Å²) in [4.78, 5) is 12.5. The smallest absolute Gasteiger partial charge is 0.254 e. The van der Waals surface area contributed by atoms with Crippen molar-refractivity contribution in [2.75, 3.05) is 6.54 Å². The lowest BCUT2D eigenvalue weighted by molar-refractivity contribution is 0.0916.